The van der Waals surface area contributed by atoms with Gasteiger partial charge in [-0.15, -0.1) is 0 Å². The number of esters is 1. The molecule has 4 nitrogen and oxygen atoms in total. The standard InChI is InChI=1S/C19H20ClNO3/c1-24-19(23)17(13-15-7-10-16(20)11-8-15)21-18(22)12-9-14-5-3-2-4-6-14/h2-8,10-11,17H,9,12-13H2,1H3,(H,21,22)/t17-/m1/s1. The van der Waals surface area contributed by atoms with E-state index in [2.05, 4.69) is 5.32 Å². The highest BCUT2D eigenvalue weighted by Gasteiger charge is 2.21. The van der Waals surface area contributed by atoms with Crippen molar-refractivity contribution in [3.05, 3.63) is 70.7 Å². The van der Waals surface area contributed by atoms with Crippen LogP contribution in [0.15, 0.2) is 54.6 Å². The first-order valence-corrected chi connectivity index (χ1v) is 8.12. The van der Waals surface area contributed by atoms with Gasteiger partial charge in [-0.05, 0) is 29.7 Å². The molecule has 0 unspecified atom stereocenters. The Morgan fingerprint density at radius 3 is 2.33 bits per heavy atom. The first kappa shape index (κ1) is 18.0. The predicted molar refractivity (Wildman–Crippen MR) is 93.9 cm³/mol. The van der Waals surface area contributed by atoms with E-state index in [-0.39, 0.29) is 5.91 Å². The van der Waals surface area contributed by atoms with Crippen molar-refractivity contribution >= 4 is 23.5 Å². The van der Waals surface area contributed by atoms with Crippen molar-refractivity contribution in [3.63, 3.8) is 0 Å². The minimum absolute atomic E-state index is 0.178. The molecule has 2 aromatic rings. The summed E-state index contributed by atoms with van der Waals surface area (Å²) in [5.74, 6) is -0.638. The van der Waals surface area contributed by atoms with Crippen LogP contribution in [-0.2, 0) is 27.2 Å². The van der Waals surface area contributed by atoms with Crippen LogP contribution >= 0.6 is 11.6 Å². The molecule has 0 bridgehead atoms. The molecule has 0 aliphatic carbocycles. The Morgan fingerprint density at radius 2 is 1.71 bits per heavy atom. The average Bonchev–Trinajstić information content (AvgIpc) is 2.61. The number of halogens is 1. The van der Waals surface area contributed by atoms with Crippen molar-refractivity contribution < 1.29 is 14.3 Å². The lowest BCUT2D eigenvalue weighted by molar-refractivity contribution is -0.145. The van der Waals surface area contributed by atoms with E-state index in [9.17, 15) is 9.59 Å². The summed E-state index contributed by atoms with van der Waals surface area (Å²) in [6.45, 7) is 0. The van der Waals surface area contributed by atoms with Gasteiger partial charge in [0.05, 0.1) is 7.11 Å². The molecule has 0 aliphatic rings. The molecule has 5 heteroatoms. The van der Waals surface area contributed by atoms with Crippen molar-refractivity contribution in [1.29, 1.82) is 0 Å². The number of hydrogen-bond acceptors (Lipinski definition) is 3. The Bertz CT molecular complexity index is 671. The van der Waals surface area contributed by atoms with E-state index in [1.165, 1.54) is 7.11 Å². The number of carbonyl (C=O) groups excluding carboxylic acids is 2. The molecule has 1 N–H and O–H groups in total. The van der Waals surface area contributed by atoms with Crippen LogP contribution in [-0.4, -0.2) is 25.0 Å². The molecule has 0 saturated heterocycles. The summed E-state index contributed by atoms with van der Waals surface area (Å²) in [4.78, 5) is 24.1. The number of nitrogens with one attached hydrogen (secondary N) is 1. The van der Waals surface area contributed by atoms with Crippen LogP contribution in [0.25, 0.3) is 0 Å². The molecule has 0 aliphatic heterocycles. The van der Waals surface area contributed by atoms with Gasteiger partial charge < -0.3 is 10.1 Å². The van der Waals surface area contributed by atoms with Gasteiger partial charge in [0.25, 0.3) is 0 Å². The maximum absolute atomic E-state index is 12.2. The van der Waals surface area contributed by atoms with Gasteiger partial charge in [-0.3, -0.25) is 4.79 Å². The number of ether oxygens (including phenoxy) is 1. The van der Waals surface area contributed by atoms with Gasteiger partial charge in [-0.2, -0.15) is 0 Å². The number of amides is 1. The number of benzene rings is 2. The Morgan fingerprint density at radius 1 is 1.04 bits per heavy atom. The second kappa shape index (κ2) is 9.08. The van der Waals surface area contributed by atoms with E-state index in [0.29, 0.717) is 24.3 Å². The fourth-order valence-electron chi connectivity index (χ4n) is 2.36. The minimum Gasteiger partial charge on any atom is -0.467 e. The van der Waals surface area contributed by atoms with Crippen LogP contribution in [0.5, 0.6) is 0 Å². The third-order valence-electron chi connectivity index (χ3n) is 3.66. The molecule has 0 spiro atoms. The summed E-state index contributed by atoms with van der Waals surface area (Å²) in [6, 6.07) is 16.2. The summed E-state index contributed by atoms with van der Waals surface area (Å²) in [6.07, 6.45) is 1.31. The van der Waals surface area contributed by atoms with Gasteiger partial charge in [0.1, 0.15) is 6.04 Å². The molecule has 126 valence electrons. The van der Waals surface area contributed by atoms with Crippen LogP contribution in [0.2, 0.25) is 5.02 Å². The largest absolute Gasteiger partial charge is 0.467 e. The van der Waals surface area contributed by atoms with Gasteiger partial charge in [0.15, 0.2) is 0 Å². The lowest BCUT2D eigenvalue weighted by atomic mass is 10.1. The fraction of sp³-hybridized carbons (Fsp3) is 0.263. The first-order valence-electron chi connectivity index (χ1n) is 7.74. The van der Waals surface area contributed by atoms with E-state index < -0.39 is 12.0 Å². The number of rotatable bonds is 7. The monoisotopic (exact) mass is 345 g/mol. The Balaban J connectivity index is 1.93. The first-order chi connectivity index (χ1) is 11.6. The van der Waals surface area contributed by atoms with Crippen molar-refractivity contribution in [2.24, 2.45) is 0 Å². The van der Waals surface area contributed by atoms with Crippen LogP contribution in [0.1, 0.15) is 17.5 Å². The topological polar surface area (TPSA) is 55.4 Å². The number of aryl methyl sites for hydroxylation is 1. The molecule has 0 aromatic heterocycles. The average molecular weight is 346 g/mol. The maximum atomic E-state index is 12.2. The van der Waals surface area contributed by atoms with Gasteiger partial charge in [0.2, 0.25) is 5.91 Å². The van der Waals surface area contributed by atoms with Crippen LogP contribution in [0, 0.1) is 0 Å². The van der Waals surface area contributed by atoms with E-state index in [1.54, 1.807) is 12.1 Å². The van der Waals surface area contributed by atoms with E-state index in [1.807, 2.05) is 42.5 Å². The summed E-state index contributed by atoms with van der Waals surface area (Å²) in [5, 5.41) is 3.38. The second-order valence-electron chi connectivity index (χ2n) is 5.46. The van der Waals surface area contributed by atoms with Crippen molar-refractivity contribution in [2.45, 2.75) is 25.3 Å². The molecule has 0 radical (unpaired) electrons. The van der Waals surface area contributed by atoms with E-state index in [0.717, 1.165) is 11.1 Å². The molecule has 24 heavy (non-hydrogen) atoms. The van der Waals surface area contributed by atoms with Crippen LogP contribution in [0.4, 0.5) is 0 Å². The summed E-state index contributed by atoms with van der Waals surface area (Å²) < 4.78 is 4.79. The molecular formula is C19H20ClNO3. The number of methoxy groups -OCH3 is 1. The highest BCUT2D eigenvalue weighted by molar-refractivity contribution is 6.30. The molecule has 2 rings (SSSR count). The highest BCUT2D eigenvalue weighted by Crippen LogP contribution is 2.12. The molecular weight excluding hydrogens is 326 g/mol. The van der Waals surface area contributed by atoms with Crippen LogP contribution < -0.4 is 5.32 Å². The lowest BCUT2D eigenvalue weighted by Crippen LogP contribution is -2.43. The molecule has 0 saturated carbocycles. The zero-order valence-electron chi connectivity index (χ0n) is 13.5. The smallest absolute Gasteiger partial charge is 0.328 e. The third kappa shape index (κ3) is 5.70. The lowest BCUT2D eigenvalue weighted by Gasteiger charge is -2.16. The number of hydrogen-bond donors (Lipinski definition) is 1. The normalized spacial score (nSPS) is 11.6. The summed E-state index contributed by atoms with van der Waals surface area (Å²) in [7, 11) is 1.31. The molecule has 0 fully saturated rings. The minimum atomic E-state index is -0.709. The number of carbonyl (C=O) groups is 2. The fourth-order valence-corrected chi connectivity index (χ4v) is 2.49. The zero-order valence-corrected chi connectivity index (χ0v) is 14.3. The maximum Gasteiger partial charge on any atom is 0.328 e. The van der Waals surface area contributed by atoms with Crippen LogP contribution in [0.3, 0.4) is 0 Å². The molecule has 2 aromatic carbocycles. The van der Waals surface area contributed by atoms with Gasteiger partial charge >= 0.3 is 5.97 Å². The second-order valence-corrected chi connectivity index (χ2v) is 5.90. The predicted octanol–water partition coefficient (Wildman–Crippen LogP) is 3.17. The quantitative estimate of drug-likeness (QED) is 0.784. The zero-order chi connectivity index (χ0) is 17.4. The van der Waals surface area contributed by atoms with Gasteiger partial charge in [-0.25, -0.2) is 4.79 Å². The Kier molecular flexibility index (Phi) is 6.82. The summed E-state index contributed by atoms with van der Waals surface area (Å²) >= 11 is 5.86. The third-order valence-corrected chi connectivity index (χ3v) is 3.91. The van der Waals surface area contributed by atoms with E-state index >= 15 is 0 Å². The van der Waals surface area contributed by atoms with Crippen molar-refractivity contribution in [3.8, 4) is 0 Å². The Labute approximate surface area is 146 Å². The highest BCUT2D eigenvalue weighted by atomic mass is 35.5. The van der Waals surface area contributed by atoms with Crippen molar-refractivity contribution in [1.82, 2.24) is 5.32 Å². The van der Waals surface area contributed by atoms with Crippen molar-refractivity contribution in [2.75, 3.05) is 7.11 Å². The SMILES string of the molecule is COC(=O)[C@@H](Cc1ccc(Cl)cc1)NC(=O)CCc1ccccc1. The molecule has 1 amide bonds. The summed E-state index contributed by atoms with van der Waals surface area (Å²) in [5.41, 5.74) is 1.98. The van der Waals surface area contributed by atoms with Gasteiger partial charge in [-0.1, -0.05) is 54.1 Å². The molecule has 1 atom stereocenters. The van der Waals surface area contributed by atoms with E-state index in [4.69, 9.17) is 16.3 Å². The van der Waals surface area contributed by atoms with Gasteiger partial charge in [0, 0.05) is 17.9 Å². The molecule has 0 heterocycles. The Hall–Kier alpha value is -2.33.